The topological polar surface area (TPSA) is 40.5 Å². The Morgan fingerprint density at radius 1 is 1.15 bits per heavy atom. The first-order chi connectivity index (χ1) is 13.0. The summed E-state index contributed by atoms with van der Waals surface area (Å²) >= 11 is 12.2. The van der Waals surface area contributed by atoms with Crippen LogP contribution < -0.4 is 10.2 Å². The minimum absolute atomic E-state index is 0.0656. The predicted octanol–water partition coefficient (Wildman–Crippen LogP) is 5.51. The van der Waals surface area contributed by atoms with Gasteiger partial charge >= 0.3 is 0 Å². The maximum atomic E-state index is 14.7. The van der Waals surface area contributed by atoms with Gasteiger partial charge in [-0.3, -0.25) is 4.79 Å². The van der Waals surface area contributed by atoms with Gasteiger partial charge in [-0.2, -0.15) is 0 Å². The van der Waals surface area contributed by atoms with E-state index in [1.54, 1.807) is 29.0 Å². The number of ether oxygens (including phenoxy) is 2. The van der Waals surface area contributed by atoms with E-state index in [9.17, 15) is 9.18 Å². The molecule has 0 saturated heterocycles. The summed E-state index contributed by atoms with van der Waals surface area (Å²) in [5.41, 5.74) is 0.606. The second kappa shape index (κ2) is 8.30. The van der Waals surface area contributed by atoms with Crippen LogP contribution >= 0.6 is 23.2 Å². The van der Waals surface area contributed by atoms with Crippen molar-refractivity contribution >= 4 is 34.1 Å². The third-order valence-electron chi connectivity index (χ3n) is 4.09. The molecule has 0 radical (unpaired) electrons. The van der Waals surface area contributed by atoms with Crippen molar-refractivity contribution in [3.8, 4) is 16.9 Å². The van der Waals surface area contributed by atoms with Crippen LogP contribution in [0.5, 0.6) is 5.75 Å². The van der Waals surface area contributed by atoms with Gasteiger partial charge in [-0.25, -0.2) is 4.39 Å². The number of benzene rings is 2. The quantitative estimate of drug-likeness (QED) is 0.538. The van der Waals surface area contributed by atoms with Crippen LogP contribution in [0, 0.1) is 5.82 Å². The molecule has 0 amide bonds. The summed E-state index contributed by atoms with van der Waals surface area (Å²) < 4.78 is 27.3. The van der Waals surface area contributed by atoms with Crippen molar-refractivity contribution in [2.45, 2.75) is 20.1 Å². The maximum Gasteiger partial charge on any atom is 0.200 e. The lowest BCUT2D eigenvalue weighted by molar-refractivity contribution is 0.134. The summed E-state index contributed by atoms with van der Waals surface area (Å²) in [5.74, 6) is -0.202. The van der Waals surface area contributed by atoms with E-state index in [-0.39, 0.29) is 17.7 Å². The molecular weight excluding hydrogens is 392 g/mol. The Morgan fingerprint density at radius 3 is 2.59 bits per heavy atom. The summed E-state index contributed by atoms with van der Waals surface area (Å²) in [6.45, 7) is 2.53. The van der Waals surface area contributed by atoms with Gasteiger partial charge in [-0.1, -0.05) is 36.2 Å². The third-order valence-corrected chi connectivity index (χ3v) is 4.63. The number of aromatic nitrogens is 1. The number of methoxy groups -OCH3 is 1. The Morgan fingerprint density at radius 2 is 1.93 bits per heavy atom. The summed E-state index contributed by atoms with van der Waals surface area (Å²) in [7, 11) is 1.52. The molecule has 0 saturated carbocycles. The van der Waals surface area contributed by atoms with E-state index in [4.69, 9.17) is 32.7 Å². The highest BCUT2D eigenvalue weighted by Crippen LogP contribution is 2.32. The molecular formula is C20H18Cl2FNO3. The number of rotatable bonds is 6. The number of hydrogen-bond donors (Lipinski definition) is 0. The largest absolute Gasteiger partial charge is 0.491 e. The SMILES string of the molecule is CCCOc1ccc(F)c2c(=O)c(-c3ccc(Cl)cc3Cl)cn(COC)c12. The molecule has 142 valence electrons. The Labute approximate surface area is 166 Å². The zero-order valence-electron chi connectivity index (χ0n) is 14.9. The first-order valence-corrected chi connectivity index (χ1v) is 9.16. The number of pyridine rings is 1. The van der Waals surface area contributed by atoms with Crippen LogP contribution in [-0.4, -0.2) is 18.3 Å². The van der Waals surface area contributed by atoms with E-state index in [1.807, 2.05) is 6.92 Å². The van der Waals surface area contributed by atoms with Gasteiger partial charge in [-0.05, 0) is 30.7 Å². The summed E-state index contributed by atoms with van der Waals surface area (Å²) in [6, 6.07) is 7.57. The highest BCUT2D eigenvalue weighted by atomic mass is 35.5. The minimum Gasteiger partial charge on any atom is -0.491 e. The minimum atomic E-state index is -0.629. The Bertz CT molecular complexity index is 1050. The van der Waals surface area contributed by atoms with Crippen LogP contribution in [0.4, 0.5) is 4.39 Å². The monoisotopic (exact) mass is 409 g/mol. The van der Waals surface area contributed by atoms with Gasteiger partial charge in [-0.15, -0.1) is 0 Å². The summed E-state index contributed by atoms with van der Waals surface area (Å²) in [6.07, 6.45) is 2.38. The molecule has 0 bridgehead atoms. The van der Waals surface area contributed by atoms with E-state index in [1.165, 1.54) is 19.2 Å². The van der Waals surface area contributed by atoms with Crippen molar-refractivity contribution in [1.82, 2.24) is 4.57 Å². The fourth-order valence-electron chi connectivity index (χ4n) is 2.93. The smallest absolute Gasteiger partial charge is 0.200 e. The fourth-order valence-corrected chi connectivity index (χ4v) is 3.44. The first-order valence-electron chi connectivity index (χ1n) is 8.40. The van der Waals surface area contributed by atoms with E-state index < -0.39 is 11.2 Å². The number of fused-ring (bicyclic) bond motifs is 1. The fraction of sp³-hybridized carbons (Fsp3) is 0.250. The average Bonchev–Trinajstić information content (AvgIpc) is 2.63. The molecule has 0 aliphatic rings. The van der Waals surface area contributed by atoms with Crippen LogP contribution in [0.25, 0.3) is 22.0 Å². The maximum absolute atomic E-state index is 14.7. The average molecular weight is 410 g/mol. The van der Waals surface area contributed by atoms with E-state index >= 15 is 0 Å². The number of halogens is 3. The van der Waals surface area contributed by atoms with Crippen molar-refractivity contribution in [1.29, 1.82) is 0 Å². The zero-order chi connectivity index (χ0) is 19.6. The van der Waals surface area contributed by atoms with Crippen LogP contribution in [0.15, 0.2) is 41.3 Å². The lowest BCUT2D eigenvalue weighted by atomic mass is 10.0. The molecule has 27 heavy (non-hydrogen) atoms. The first kappa shape index (κ1) is 19.7. The number of nitrogens with zero attached hydrogens (tertiary/aromatic N) is 1. The van der Waals surface area contributed by atoms with Gasteiger partial charge in [0.05, 0.1) is 22.5 Å². The highest BCUT2D eigenvalue weighted by molar-refractivity contribution is 6.36. The standard InChI is InChI=1S/C20H18Cl2FNO3/c1-3-8-27-17-7-6-16(23)18-19(17)24(11-26-2)10-14(20(18)25)13-5-4-12(21)9-15(13)22/h4-7,9-10H,3,8,11H2,1-2H3. The predicted molar refractivity (Wildman–Crippen MR) is 106 cm³/mol. The number of hydrogen-bond acceptors (Lipinski definition) is 3. The van der Waals surface area contributed by atoms with Gasteiger partial charge in [0.25, 0.3) is 0 Å². The van der Waals surface area contributed by atoms with E-state index in [2.05, 4.69) is 0 Å². The molecule has 3 aromatic rings. The second-order valence-electron chi connectivity index (χ2n) is 6.00. The Hall–Kier alpha value is -2.08. The molecule has 4 nitrogen and oxygen atoms in total. The lowest BCUT2D eigenvalue weighted by Gasteiger charge is -2.17. The van der Waals surface area contributed by atoms with Crippen LogP contribution in [0.1, 0.15) is 13.3 Å². The second-order valence-corrected chi connectivity index (χ2v) is 6.84. The molecule has 0 spiro atoms. The normalized spacial score (nSPS) is 11.1. The molecule has 0 N–H and O–H groups in total. The Kier molecular flexibility index (Phi) is 6.05. The zero-order valence-corrected chi connectivity index (χ0v) is 16.4. The van der Waals surface area contributed by atoms with Gasteiger partial charge in [0, 0.05) is 29.5 Å². The molecule has 0 atom stereocenters. The Balaban J connectivity index is 2.37. The van der Waals surface area contributed by atoms with Crippen molar-refractivity contribution in [2.75, 3.05) is 13.7 Å². The van der Waals surface area contributed by atoms with Crippen LogP contribution in [0.3, 0.4) is 0 Å². The molecule has 0 aliphatic heterocycles. The van der Waals surface area contributed by atoms with Gasteiger partial charge in [0.15, 0.2) is 5.43 Å². The van der Waals surface area contributed by atoms with Crippen molar-refractivity contribution < 1.29 is 13.9 Å². The lowest BCUT2D eigenvalue weighted by Crippen LogP contribution is -2.15. The molecule has 2 aromatic carbocycles. The van der Waals surface area contributed by atoms with Gasteiger partial charge < -0.3 is 14.0 Å². The van der Waals surface area contributed by atoms with Crippen molar-refractivity contribution in [3.63, 3.8) is 0 Å². The van der Waals surface area contributed by atoms with Crippen molar-refractivity contribution in [3.05, 3.63) is 62.6 Å². The molecule has 3 rings (SSSR count). The van der Waals surface area contributed by atoms with Crippen LogP contribution in [-0.2, 0) is 11.5 Å². The molecule has 7 heteroatoms. The van der Waals surface area contributed by atoms with E-state index in [0.29, 0.717) is 33.5 Å². The van der Waals surface area contributed by atoms with Gasteiger partial charge in [0.2, 0.25) is 0 Å². The molecule has 0 fully saturated rings. The molecule has 1 aromatic heterocycles. The molecule has 0 unspecified atom stereocenters. The van der Waals surface area contributed by atoms with Crippen LogP contribution in [0.2, 0.25) is 10.0 Å². The van der Waals surface area contributed by atoms with Crippen molar-refractivity contribution in [2.24, 2.45) is 0 Å². The van der Waals surface area contributed by atoms with Gasteiger partial charge in [0.1, 0.15) is 18.3 Å². The summed E-state index contributed by atoms with van der Waals surface area (Å²) in [5, 5.41) is 0.689. The van der Waals surface area contributed by atoms with E-state index in [0.717, 1.165) is 6.42 Å². The molecule has 0 aliphatic carbocycles. The molecule has 1 heterocycles. The third kappa shape index (κ3) is 3.81. The summed E-state index contributed by atoms with van der Waals surface area (Å²) in [4.78, 5) is 13.1. The highest BCUT2D eigenvalue weighted by Gasteiger charge is 2.19.